The molecule has 5 nitrogen and oxygen atoms in total. The summed E-state index contributed by atoms with van der Waals surface area (Å²) in [6, 6.07) is 0.154. The third-order valence-electron chi connectivity index (χ3n) is 3.30. The highest BCUT2D eigenvalue weighted by molar-refractivity contribution is 7.09. The van der Waals surface area contributed by atoms with Crippen LogP contribution >= 0.6 is 11.3 Å². The maximum Gasteiger partial charge on any atom is 0.110 e. The fourth-order valence-corrected chi connectivity index (χ4v) is 2.97. The maximum absolute atomic E-state index is 9.88. The minimum absolute atomic E-state index is 0.154. The Labute approximate surface area is 124 Å². The molecule has 1 aromatic rings. The Morgan fingerprint density at radius 2 is 2.50 bits per heavy atom. The van der Waals surface area contributed by atoms with Crippen molar-refractivity contribution in [2.24, 2.45) is 0 Å². The van der Waals surface area contributed by atoms with Crippen LogP contribution < -0.4 is 5.32 Å². The second kappa shape index (κ2) is 8.05. The Bertz CT molecular complexity index is 394. The van der Waals surface area contributed by atoms with Gasteiger partial charge in [0, 0.05) is 24.2 Å². The predicted octanol–water partition coefficient (Wildman–Crippen LogP) is 1.66. The summed E-state index contributed by atoms with van der Waals surface area (Å²) in [5.41, 5.74) is 1.04. The molecular formula is C14H24N2O3S. The van der Waals surface area contributed by atoms with Crippen LogP contribution in [0, 0.1) is 6.92 Å². The highest BCUT2D eigenvalue weighted by Gasteiger charge is 2.16. The van der Waals surface area contributed by atoms with Crippen molar-refractivity contribution in [1.29, 1.82) is 0 Å². The number of thiazole rings is 1. The Hall–Kier alpha value is -0.530. The van der Waals surface area contributed by atoms with Crippen LogP contribution in [0.1, 0.15) is 36.5 Å². The molecule has 2 heterocycles. The first-order valence-corrected chi connectivity index (χ1v) is 8.06. The number of hydrogen-bond acceptors (Lipinski definition) is 6. The Balaban J connectivity index is 1.58. The topological polar surface area (TPSA) is 63.6 Å². The van der Waals surface area contributed by atoms with Crippen molar-refractivity contribution in [1.82, 2.24) is 10.3 Å². The van der Waals surface area contributed by atoms with E-state index >= 15 is 0 Å². The summed E-state index contributed by atoms with van der Waals surface area (Å²) < 4.78 is 11.0. The van der Waals surface area contributed by atoms with E-state index in [0.29, 0.717) is 19.8 Å². The molecule has 1 aliphatic heterocycles. The summed E-state index contributed by atoms with van der Waals surface area (Å²) in [5.74, 6) is 0. The fraction of sp³-hybridized carbons (Fsp3) is 0.786. The van der Waals surface area contributed by atoms with E-state index in [0.717, 1.165) is 30.2 Å². The zero-order chi connectivity index (χ0) is 14.4. The summed E-state index contributed by atoms with van der Waals surface area (Å²) in [4.78, 5) is 4.43. The highest BCUT2D eigenvalue weighted by Crippen LogP contribution is 2.17. The standard InChI is InChI=1S/C14H24N2O3S/c1-10-9-20-14(16-10)11(2)15-6-12(17)7-18-8-13-4-3-5-19-13/h9,11-13,15,17H,3-8H2,1-2H3. The molecule has 1 saturated heterocycles. The maximum atomic E-state index is 9.88. The fourth-order valence-electron chi connectivity index (χ4n) is 2.14. The van der Waals surface area contributed by atoms with E-state index in [1.54, 1.807) is 11.3 Å². The number of aliphatic hydroxyl groups excluding tert-OH is 1. The lowest BCUT2D eigenvalue weighted by Gasteiger charge is -2.17. The smallest absolute Gasteiger partial charge is 0.110 e. The average molecular weight is 300 g/mol. The monoisotopic (exact) mass is 300 g/mol. The second-order valence-electron chi connectivity index (χ2n) is 5.28. The van der Waals surface area contributed by atoms with Crippen molar-refractivity contribution in [2.45, 2.75) is 44.9 Å². The molecule has 0 radical (unpaired) electrons. The molecule has 1 aliphatic rings. The molecule has 3 atom stereocenters. The molecule has 1 fully saturated rings. The number of nitrogens with one attached hydrogen (secondary N) is 1. The summed E-state index contributed by atoms with van der Waals surface area (Å²) in [5, 5.41) is 16.2. The molecule has 0 aliphatic carbocycles. The van der Waals surface area contributed by atoms with Crippen molar-refractivity contribution in [3.63, 3.8) is 0 Å². The van der Waals surface area contributed by atoms with E-state index < -0.39 is 6.10 Å². The van der Waals surface area contributed by atoms with Crippen LogP contribution in [0.3, 0.4) is 0 Å². The van der Waals surface area contributed by atoms with E-state index in [1.807, 2.05) is 12.3 Å². The van der Waals surface area contributed by atoms with Gasteiger partial charge in [0.25, 0.3) is 0 Å². The van der Waals surface area contributed by atoms with E-state index in [4.69, 9.17) is 9.47 Å². The van der Waals surface area contributed by atoms with Crippen LogP contribution in [0.5, 0.6) is 0 Å². The molecule has 0 aromatic carbocycles. The van der Waals surface area contributed by atoms with E-state index in [2.05, 4.69) is 17.2 Å². The van der Waals surface area contributed by atoms with E-state index in [9.17, 15) is 5.11 Å². The molecule has 0 amide bonds. The largest absolute Gasteiger partial charge is 0.389 e. The molecule has 2 N–H and O–H groups in total. The third kappa shape index (κ3) is 5.10. The summed E-state index contributed by atoms with van der Waals surface area (Å²) in [6.45, 7) is 6.31. The number of aryl methyl sites for hydroxylation is 1. The molecule has 0 spiro atoms. The number of ether oxygens (including phenoxy) is 2. The quantitative estimate of drug-likeness (QED) is 0.764. The lowest BCUT2D eigenvalue weighted by atomic mass is 10.2. The van der Waals surface area contributed by atoms with Gasteiger partial charge in [-0.3, -0.25) is 0 Å². The molecule has 2 rings (SSSR count). The second-order valence-corrected chi connectivity index (χ2v) is 6.17. The van der Waals surface area contributed by atoms with Crippen molar-refractivity contribution < 1.29 is 14.6 Å². The van der Waals surface area contributed by atoms with Crippen LogP contribution in [0.2, 0.25) is 0 Å². The molecule has 1 aromatic heterocycles. The van der Waals surface area contributed by atoms with Crippen molar-refractivity contribution in [3.8, 4) is 0 Å². The summed E-state index contributed by atoms with van der Waals surface area (Å²) >= 11 is 1.64. The predicted molar refractivity (Wildman–Crippen MR) is 79.1 cm³/mol. The number of aliphatic hydroxyl groups is 1. The molecule has 0 bridgehead atoms. The minimum atomic E-state index is -0.500. The Morgan fingerprint density at radius 3 is 3.15 bits per heavy atom. The van der Waals surface area contributed by atoms with Crippen LogP contribution in [0.15, 0.2) is 5.38 Å². The van der Waals surface area contributed by atoms with Crippen LogP contribution in [0.25, 0.3) is 0 Å². The van der Waals surface area contributed by atoms with Crippen molar-refractivity contribution in [3.05, 3.63) is 16.1 Å². The number of rotatable bonds is 8. The number of aromatic nitrogens is 1. The first kappa shape index (κ1) is 15.9. The molecule has 20 heavy (non-hydrogen) atoms. The SMILES string of the molecule is Cc1csc(C(C)NCC(O)COCC2CCCO2)n1. The first-order valence-electron chi connectivity index (χ1n) is 7.18. The number of nitrogens with zero attached hydrogens (tertiary/aromatic N) is 1. The third-order valence-corrected chi connectivity index (χ3v) is 4.45. The molecular weight excluding hydrogens is 276 g/mol. The van der Waals surface area contributed by atoms with Crippen molar-refractivity contribution >= 4 is 11.3 Å². The van der Waals surface area contributed by atoms with Crippen molar-refractivity contribution in [2.75, 3.05) is 26.4 Å². The number of hydrogen-bond donors (Lipinski definition) is 2. The van der Waals surface area contributed by atoms with Gasteiger partial charge in [-0.1, -0.05) is 0 Å². The van der Waals surface area contributed by atoms with Gasteiger partial charge in [0.2, 0.25) is 0 Å². The van der Waals surface area contributed by atoms with E-state index in [1.165, 1.54) is 0 Å². The highest BCUT2D eigenvalue weighted by atomic mass is 32.1. The molecule has 114 valence electrons. The zero-order valence-corrected chi connectivity index (χ0v) is 13.0. The normalized spacial score (nSPS) is 22.1. The van der Waals surface area contributed by atoms with Gasteiger partial charge in [0.1, 0.15) is 5.01 Å². The van der Waals surface area contributed by atoms with Crippen LogP contribution in [0.4, 0.5) is 0 Å². The van der Waals surface area contributed by atoms with Crippen LogP contribution in [-0.2, 0) is 9.47 Å². The van der Waals surface area contributed by atoms with Gasteiger partial charge in [-0.25, -0.2) is 4.98 Å². The Morgan fingerprint density at radius 1 is 1.65 bits per heavy atom. The lowest BCUT2D eigenvalue weighted by molar-refractivity contribution is -0.0168. The first-order chi connectivity index (χ1) is 9.65. The van der Waals surface area contributed by atoms with E-state index in [-0.39, 0.29) is 12.1 Å². The van der Waals surface area contributed by atoms with Gasteiger partial charge in [-0.05, 0) is 26.7 Å². The average Bonchev–Trinajstić information content (AvgIpc) is 3.07. The summed E-state index contributed by atoms with van der Waals surface area (Å²) in [7, 11) is 0. The lowest BCUT2D eigenvalue weighted by Crippen LogP contribution is -2.33. The van der Waals surface area contributed by atoms with Gasteiger partial charge >= 0.3 is 0 Å². The minimum Gasteiger partial charge on any atom is -0.389 e. The van der Waals surface area contributed by atoms with Crippen LogP contribution in [-0.4, -0.2) is 48.7 Å². The zero-order valence-electron chi connectivity index (χ0n) is 12.2. The van der Waals surface area contributed by atoms with Gasteiger partial charge in [-0.15, -0.1) is 11.3 Å². The van der Waals surface area contributed by atoms with Gasteiger partial charge in [0.15, 0.2) is 0 Å². The Kier molecular flexibility index (Phi) is 6.38. The summed E-state index contributed by atoms with van der Waals surface area (Å²) in [6.07, 6.45) is 1.89. The molecule has 3 unspecified atom stereocenters. The molecule has 0 saturated carbocycles. The van der Waals surface area contributed by atoms with Gasteiger partial charge < -0.3 is 19.9 Å². The molecule has 6 heteroatoms. The van der Waals surface area contributed by atoms with Gasteiger partial charge in [-0.2, -0.15) is 0 Å². The van der Waals surface area contributed by atoms with Gasteiger partial charge in [0.05, 0.1) is 31.5 Å².